The van der Waals surface area contributed by atoms with E-state index in [-0.39, 0.29) is 41.4 Å². The Bertz CT molecular complexity index is 614. The van der Waals surface area contributed by atoms with E-state index in [1.165, 1.54) is 12.1 Å². The Morgan fingerprint density at radius 3 is 2.79 bits per heavy atom. The second kappa shape index (κ2) is 12.7. The number of nitrogens with two attached hydrogens (primary N) is 1. The maximum atomic E-state index is 12.0. The first kappa shape index (κ1) is 23.4. The summed E-state index contributed by atoms with van der Waals surface area (Å²) < 4.78 is 31.7. The summed E-state index contributed by atoms with van der Waals surface area (Å²) in [6, 6.07) is 6.08. The van der Waals surface area contributed by atoms with Gasteiger partial charge in [-0.3, -0.25) is 4.99 Å². The van der Waals surface area contributed by atoms with Crippen LogP contribution in [0.5, 0.6) is 0 Å². The third-order valence-electron chi connectivity index (χ3n) is 2.76. The van der Waals surface area contributed by atoms with Crippen LogP contribution in [0, 0.1) is 0 Å². The summed E-state index contributed by atoms with van der Waals surface area (Å²) in [7, 11) is -3.58. The Morgan fingerprint density at radius 1 is 1.38 bits per heavy atom. The van der Waals surface area contributed by atoms with Gasteiger partial charge in [0.05, 0.1) is 4.90 Å². The van der Waals surface area contributed by atoms with Gasteiger partial charge < -0.3 is 15.8 Å². The molecule has 0 bridgehead atoms. The molecular weight excluding hydrogens is 467 g/mol. The molecule has 7 nitrogen and oxygen atoms in total. The number of halogens is 2. The minimum atomic E-state index is -3.58. The van der Waals surface area contributed by atoms with Gasteiger partial charge in [-0.1, -0.05) is 17.7 Å². The van der Waals surface area contributed by atoms with Gasteiger partial charge in [0, 0.05) is 37.9 Å². The zero-order chi connectivity index (χ0) is 17.1. The van der Waals surface area contributed by atoms with Gasteiger partial charge in [0.25, 0.3) is 0 Å². The molecule has 10 heteroatoms. The summed E-state index contributed by atoms with van der Waals surface area (Å²) >= 11 is 5.79. The Balaban J connectivity index is 0.00000529. The number of nitrogens with zero attached hydrogens (tertiary/aromatic N) is 1. The number of rotatable bonds is 10. The van der Waals surface area contributed by atoms with E-state index in [4.69, 9.17) is 22.1 Å². The van der Waals surface area contributed by atoms with Crippen LogP contribution in [-0.2, 0) is 14.8 Å². The molecular formula is C14H24ClIN4O3S. The third kappa shape index (κ3) is 9.62. The number of hydrogen-bond acceptors (Lipinski definition) is 4. The third-order valence-corrected chi connectivity index (χ3v) is 4.46. The molecule has 1 aromatic rings. The molecule has 0 saturated heterocycles. The standard InChI is InChI=1S/C14H23ClN4O3S.HI/c1-2-22-10-4-7-17-14(16)18-8-9-19-23(20,21)13-6-3-5-12(15)11-13;/h3,5-6,11,19H,2,4,7-10H2,1H3,(H3,16,17,18);1H. The minimum absolute atomic E-state index is 0. The molecule has 0 heterocycles. The maximum absolute atomic E-state index is 12.0. The van der Waals surface area contributed by atoms with Gasteiger partial charge in [0.2, 0.25) is 10.0 Å². The number of nitrogens with one attached hydrogen (secondary N) is 2. The highest BCUT2D eigenvalue weighted by molar-refractivity contribution is 14.0. The molecule has 0 aromatic heterocycles. The van der Waals surface area contributed by atoms with E-state index in [2.05, 4.69) is 15.0 Å². The summed E-state index contributed by atoms with van der Waals surface area (Å²) in [6.45, 7) is 4.35. The number of aliphatic imine (C=N–C) groups is 1. The lowest BCUT2D eigenvalue weighted by Gasteiger charge is -2.08. The monoisotopic (exact) mass is 490 g/mol. The number of benzene rings is 1. The Hall–Kier alpha value is -0.620. The van der Waals surface area contributed by atoms with Crippen molar-refractivity contribution in [2.45, 2.75) is 18.2 Å². The highest BCUT2D eigenvalue weighted by atomic mass is 127. The van der Waals surface area contributed by atoms with E-state index in [0.29, 0.717) is 31.3 Å². The van der Waals surface area contributed by atoms with Crippen molar-refractivity contribution in [3.63, 3.8) is 0 Å². The van der Waals surface area contributed by atoms with Crippen LogP contribution in [0.25, 0.3) is 0 Å². The fraction of sp³-hybridized carbons (Fsp3) is 0.500. The van der Waals surface area contributed by atoms with Crippen LogP contribution < -0.4 is 15.8 Å². The first-order valence-electron chi connectivity index (χ1n) is 7.32. The summed E-state index contributed by atoms with van der Waals surface area (Å²) in [6.07, 6.45) is 0.789. The van der Waals surface area contributed by atoms with Crippen molar-refractivity contribution in [1.82, 2.24) is 10.0 Å². The predicted octanol–water partition coefficient (Wildman–Crippen LogP) is 1.57. The molecule has 1 aromatic carbocycles. The zero-order valence-corrected chi connectivity index (χ0v) is 17.4. The normalized spacial score (nSPS) is 11.8. The van der Waals surface area contributed by atoms with Crippen molar-refractivity contribution in [3.8, 4) is 0 Å². The maximum Gasteiger partial charge on any atom is 0.240 e. The van der Waals surface area contributed by atoms with Gasteiger partial charge in [0.15, 0.2) is 5.96 Å². The lowest BCUT2D eigenvalue weighted by Crippen LogP contribution is -2.38. The molecule has 0 aliphatic carbocycles. The van der Waals surface area contributed by atoms with Crippen molar-refractivity contribution in [2.75, 3.05) is 32.8 Å². The van der Waals surface area contributed by atoms with Crippen LogP contribution in [0.1, 0.15) is 13.3 Å². The molecule has 0 radical (unpaired) electrons. The summed E-state index contributed by atoms with van der Waals surface area (Å²) in [4.78, 5) is 4.24. The van der Waals surface area contributed by atoms with E-state index < -0.39 is 10.0 Å². The molecule has 0 atom stereocenters. The van der Waals surface area contributed by atoms with Crippen molar-refractivity contribution < 1.29 is 13.2 Å². The molecule has 1 rings (SSSR count). The first-order valence-corrected chi connectivity index (χ1v) is 9.18. The zero-order valence-electron chi connectivity index (χ0n) is 13.5. The summed E-state index contributed by atoms with van der Waals surface area (Å²) in [5.74, 6) is 0.281. The quantitative estimate of drug-likeness (QED) is 0.200. The lowest BCUT2D eigenvalue weighted by molar-refractivity contribution is 0.146. The predicted molar refractivity (Wildman–Crippen MR) is 108 cm³/mol. The number of sulfonamides is 1. The minimum Gasteiger partial charge on any atom is -0.382 e. The smallest absolute Gasteiger partial charge is 0.240 e. The molecule has 0 aliphatic rings. The molecule has 138 valence electrons. The van der Waals surface area contributed by atoms with Crippen LogP contribution in [0.3, 0.4) is 0 Å². The van der Waals surface area contributed by atoms with Gasteiger partial charge in [-0.15, -0.1) is 24.0 Å². The van der Waals surface area contributed by atoms with Crippen molar-refractivity contribution in [3.05, 3.63) is 29.3 Å². The van der Waals surface area contributed by atoms with E-state index in [9.17, 15) is 8.42 Å². The van der Waals surface area contributed by atoms with Crippen LogP contribution in [0.15, 0.2) is 34.2 Å². The van der Waals surface area contributed by atoms with Crippen molar-refractivity contribution in [1.29, 1.82) is 0 Å². The van der Waals surface area contributed by atoms with Crippen LogP contribution in [0.4, 0.5) is 0 Å². The topological polar surface area (TPSA) is 106 Å². The SMILES string of the molecule is CCOCCCN=C(N)NCCNS(=O)(=O)c1cccc(Cl)c1.I. The van der Waals surface area contributed by atoms with Gasteiger partial charge in [-0.2, -0.15) is 0 Å². The van der Waals surface area contributed by atoms with Gasteiger partial charge in [-0.25, -0.2) is 13.1 Å². The Labute approximate surface area is 165 Å². The Morgan fingerprint density at radius 2 is 2.12 bits per heavy atom. The summed E-state index contributed by atoms with van der Waals surface area (Å²) in [5, 5.41) is 3.21. The van der Waals surface area contributed by atoms with E-state index >= 15 is 0 Å². The molecule has 0 unspecified atom stereocenters. The van der Waals surface area contributed by atoms with Crippen LogP contribution >= 0.6 is 35.6 Å². The van der Waals surface area contributed by atoms with E-state index in [1.54, 1.807) is 12.1 Å². The lowest BCUT2D eigenvalue weighted by atomic mass is 10.4. The molecule has 0 amide bonds. The van der Waals surface area contributed by atoms with Crippen molar-refractivity contribution in [2.24, 2.45) is 10.7 Å². The van der Waals surface area contributed by atoms with E-state index in [0.717, 1.165) is 6.42 Å². The average molecular weight is 491 g/mol. The van der Waals surface area contributed by atoms with E-state index in [1.807, 2.05) is 6.92 Å². The average Bonchev–Trinajstić information content (AvgIpc) is 2.51. The second-order valence-corrected chi connectivity index (χ2v) is 6.80. The van der Waals surface area contributed by atoms with Gasteiger partial charge in [-0.05, 0) is 31.5 Å². The first-order chi connectivity index (χ1) is 11.0. The van der Waals surface area contributed by atoms with Crippen molar-refractivity contribution >= 4 is 51.6 Å². The number of hydrogen-bond donors (Lipinski definition) is 3. The molecule has 0 aliphatic heterocycles. The molecule has 0 fully saturated rings. The molecule has 4 N–H and O–H groups in total. The molecule has 24 heavy (non-hydrogen) atoms. The highest BCUT2D eigenvalue weighted by Crippen LogP contribution is 2.14. The van der Waals surface area contributed by atoms with Gasteiger partial charge in [0.1, 0.15) is 0 Å². The largest absolute Gasteiger partial charge is 0.382 e. The number of ether oxygens (including phenoxy) is 1. The second-order valence-electron chi connectivity index (χ2n) is 4.60. The molecule has 0 spiro atoms. The highest BCUT2D eigenvalue weighted by Gasteiger charge is 2.13. The number of guanidine groups is 1. The van der Waals surface area contributed by atoms with Gasteiger partial charge >= 0.3 is 0 Å². The summed E-state index contributed by atoms with van der Waals surface area (Å²) in [5.41, 5.74) is 5.67. The van der Waals surface area contributed by atoms with Crippen LogP contribution in [-0.4, -0.2) is 47.2 Å². The fourth-order valence-corrected chi connectivity index (χ4v) is 2.99. The molecule has 0 saturated carbocycles. The van der Waals surface area contributed by atoms with Crippen LogP contribution in [0.2, 0.25) is 5.02 Å². The fourth-order valence-electron chi connectivity index (χ4n) is 1.66. The Kier molecular flexibility index (Phi) is 12.4.